The first-order valence-corrected chi connectivity index (χ1v) is 7.83. The number of benzene rings is 2. The topological polar surface area (TPSA) is 94.4 Å². The van der Waals surface area contributed by atoms with E-state index in [1.165, 1.54) is 17.8 Å². The van der Waals surface area contributed by atoms with Crippen molar-refractivity contribution in [3.8, 4) is 23.0 Å². The molecule has 23 heavy (non-hydrogen) atoms. The summed E-state index contributed by atoms with van der Waals surface area (Å²) in [7, 11) is 1.64. The van der Waals surface area contributed by atoms with E-state index >= 15 is 0 Å². The zero-order valence-corrected chi connectivity index (χ0v) is 13.2. The summed E-state index contributed by atoms with van der Waals surface area (Å²) in [6.07, 6.45) is 0. The molecule has 0 aliphatic heterocycles. The second-order valence-corrected chi connectivity index (χ2v) is 5.67. The fourth-order valence-corrected chi connectivity index (χ4v) is 2.70. The molecule has 7 heteroatoms. The molecule has 0 unspecified atom stereocenters. The summed E-state index contributed by atoms with van der Waals surface area (Å²) < 4.78 is 10.7. The molecule has 0 aliphatic rings. The van der Waals surface area contributed by atoms with E-state index in [0.29, 0.717) is 16.5 Å². The maximum atomic E-state index is 9.63. The molecule has 0 radical (unpaired) electrons. The van der Waals surface area contributed by atoms with Crippen LogP contribution in [0.25, 0.3) is 11.5 Å². The first-order chi connectivity index (χ1) is 11.2. The number of aromatic nitrogens is 2. The summed E-state index contributed by atoms with van der Waals surface area (Å²) >= 11 is 1.43. The van der Waals surface area contributed by atoms with Gasteiger partial charge in [0, 0.05) is 5.75 Å². The monoisotopic (exact) mass is 329 g/mol. The van der Waals surface area contributed by atoms with Crippen LogP contribution in [0.2, 0.25) is 0 Å². The Kier molecular flexibility index (Phi) is 4.38. The van der Waals surface area contributed by atoms with E-state index < -0.39 is 0 Å². The standard InChI is InChI=1S/C16H15N3O3S/c1-21-11-7-5-10(6-8-11)9-23-16-19-18-15(22-16)12-3-2-4-13(20)14(12)17/h2-8,20H,9,17H2,1H3. The molecule has 3 rings (SSSR count). The summed E-state index contributed by atoms with van der Waals surface area (Å²) in [5.74, 6) is 1.79. The number of hydrogen-bond donors (Lipinski definition) is 2. The average Bonchev–Trinajstić information content (AvgIpc) is 3.04. The smallest absolute Gasteiger partial charge is 0.277 e. The highest BCUT2D eigenvalue weighted by Crippen LogP contribution is 2.33. The van der Waals surface area contributed by atoms with Gasteiger partial charge in [0.15, 0.2) is 0 Å². The number of nitrogens with two attached hydrogens (primary N) is 1. The lowest BCUT2D eigenvalue weighted by Crippen LogP contribution is -1.90. The Labute approximate surface area is 137 Å². The number of methoxy groups -OCH3 is 1. The van der Waals surface area contributed by atoms with Crippen LogP contribution in [-0.4, -0.2) is 22.4 Å². The van der Waals surface area contributed by atoms with Crippen LogP contribution in [0, 0.1) is 0 Å². The molecule has 6 nitrogen and oxygen atoms in total. The summed E-state index contributed by atoms with van der Waals surface area (Å²) in [5, 5.41) is 18.1. The van der Waals surface area contributed by atoms with E-state index in [0.717, 1.165) is 11.3 Å². The molecule has 1 aromatic heterocycles. The summed E-state index contributed by atoms with van der Waals surface area (Å²) in [4.78, 5) is 0. The number of hydrogen-bond acceptors (Lipinski definition) is 7. The number of anilines is 1. The number of nitrogens with zero attached hydrogens (tertiary/aromatic N) is 2. The second kappa shape index (κ2) is 6.62. The Hall–Kier alpha value is -2.67. The molecule has 0 amide bonds. The molecule has 3 N–H and O–H groups in total. The van der Waals surface area contributed by atoms with E-state index in [4.69, 9.17) is 14.9 Å². The van der Waals surface area contributed by atoms with Crippen LogP contribution in [0.4, 0.5) is 5.69 Å². The highest BCUT2D eigenvalue weighted by molar-refractivity contribution is 7.98. The van der Waals surface area contributed by atoms with Crippen LogP contribution in [-0.2, 0) is 5.75 Å². The maximum absolute atomic E-state index is 9.63. The minimum atomic E-state index is -0.00636. The molecule has 0 fully saturated rings. The van der Waals surface area contributed by atoms with Gasteiger partial charge < -0.3 is 20.0 Å². The van der Waals surface area contributed by atoms with Crippen molar-refractivity contribution >= 4 is 17.4 Å². The van der Waals surface area contributed by atoms with Gasteiger partial charge in [0.05, 0.1) is 18.4 Å². The molecule has 0 spiro atoms. The zero-order chi connectivity index (χ0) is 16.2. The molecule has 0 atom stereocenters. The lowest BCUT2D eigenvalue weighted by Gasteiger charge is -2.02. The van der Waals surface area contributed by atoms with Crippen molar-refractivity contribution in [1.29, 1.82) is 0 Å². The predicted octanol–water partition coefficient (Wildman–Crippen LogP) is 3.33. The third kappa shape index (κ3) is 3.40. The second-order valence-electron chi connectivity index (χ2n) is 4.75. The van der Waals surface area contributed by atoms with Crippen LogP contribution in [0.1, 0.15) is 5.56 Å². The molecule has 0 saturated carbocycles. The minimum Gasteiger partial charge on any atom is -0.506 e. The SMILES string of the molecule is COc1ccc(CSc2nnc(-c3cccc(O)c3N)o2)cc1. The van der Waals surface area contributed by atoms with Gasteiger partial charge in [-0.3, -0.25) is 0 Å². The molecular formula is C16H15N3O3S. The molecule has 3 aromatic rings. The van der Waals surface area contributed by atoms with E-state index in [1.807, 2.05) is 24.3 Å². The molecule has 118 valence electrons. The maximum Gasteiger partial charge on any atom is 0.277 e. The van der Waals surface area contributed by atoms with Crippen molar-refractivity contribution in [2.24, 2.45) is 0 Å². The molecule has 1 heterocycles. The summed E-state index contributed by atoms with van der Waals surface area (Å²) in [5.41, 5.74) is 7.68. The van der Waals surface area contributed by atoms with Crippen LogP contribution in [0.3, 0.4) is 0 Å². The first-order valence-electron chi connectivity index (χ1n) is 6.84. The van der Waals surface area contributed by atoms with E-state index in [2.05, 4.69) is 10.2 Å². The Morgan fingerprint density at radius 3 is 2.70 bits per heavy atom. The van der Waals surface area contributed by atoms with Crippen LogP contribution in [0.15, 0.2) is 52.1 Å². The van der Waals surface area contributed by atoms with Gasteiger partial charge in [-0.1, -0.05) is 30.0 Å². The Morgan fingerprint density at radius 1 is 1.17 bits per heavy atom. The van der Waals surface area contributed by atoms with Gasteiger partial charge in [-0.25, -0.2) is 0 Å². The Morgan fingerprint density at radius 2 is 1.96 bits per heavy atom. The van der Waals surface area contributed by atoms with Crippen molar-refractivity contribution in [2.75, 3.05) is 12.8 Å². The summed E-state index contributed by atoms with van der Waals surface area (Å²) in [6.45, 7) is 0. The highest BCUT2D eigenvalue weighted by Gasteiger charge is 2.13. The zero-order valence-electron chi connectivity index (χ0n) is 12.4. The Bertz CT molecular complexity index is 803. The summed E-state index contributed by atoms with van der Waals surface area (Å²) in [6, 6.07) is 12.7. The number of phenolic OH excluding ortho intramolecular Hbond substituents is 1. The quantitative estimate of drug-likeness (QED) is 0.421. The average molecular weight is 329 g/mol. The van der Waals surface area contributed by atoms with Gasteiger partial charge in [0.2, 0.25) is 0 Å². The molecule has 0 bridgehead atoms. The van der Waals surface area contributed by atoms with E-state index in [-0.39, 0.29) is 17.3 Å². The van der Waals surface area contributed by atoms with Crippen molar-refractivity contribution in [2.45, 2.75) is 11.0 Å². The van der Waals surface area contributed by atoms with Crippen LogP contribution < -0.4 is 10.5 Å². The van der Waals surface area contributed by atoms with Crippen molar-refractivity contribution in [3.05, 3.63) is 48.0 Å². The predicted molar refractivity (Wildman–Crippen MR) is 88.4 cm³/mol. The molecule has 0 aliphatic carbocycles. The van der Waals surface area contributed by atoms with E-state index in [9.17, 15) is 5.11 Å². The highest BCUT2D eigenvalue weighted by atomic mass is 32.2. The number of aromatic hydroxyl groups is 1. The Balaban J connectivity index is 1.70. The van der Waals surface area contributed by atoms with Gasteiger partial charge >= 0.3 is 0 Å². The van der Waals surface area contributed by atoms with Crippen LogP contribution in [0.5, 0.6) is 11.5 Å². The fourth-order valence-electron chi connectivity index (χ4n) is 1.98. The van der Waals surface area contributed by atoms with Gasteiger partial charge in [0.1, 0.15) is 11.5 Å². The largest absolute Gasteiger partial charge is 0.506 e. The third-order valence-corrected chi connectivity index (χ3v) is 4.13. The van der Waals surface area contributed by atoms with Crippen molar-refractivity contribution in [1.82, 2.24) is 10.2 Å². The van der Waals surface area contributed by atoms with Crippen LogP contribution >= 0.6 is 11.8 Å². The molecular weight excluding hydrogens is 314 g/mol. The van der Waals surface area contributed by atoms with Gasteiger partial charge in [-0.05, 0) is 29.8 Å². The lowest BCUT2D eigenvalue weighted by atomic mass is 10.1. The van der Waals surface area contributed by atoms with Crippen molar-refractivity contribution < 1.29 is 14.3 Å². The van der Waals surface area contributed by atoms with Crippen molar-refractivity contribution in [3.63, 3.8) is 0 Å². The number of nitrogen functional groups attached to an aromatic ring is 1. The molecule has 2 aromatic carbocycles. The number of para-hydroxylation sites is 1. The van der Waals surface area contributed by atoms with E-state index in [1.54, 1.807) is 19.2 Å². The fraction of sp³-hybridized carbons (Fsp3) is 0.125. The third-order valence-electron chi connectivity index (χ3n) is 3.24. The first kappa shape index (κ1) is 15.2. The molecule has 0 saturated heterocycles. The normalized spacial score (nSPS) is 10.7. The van der Waals surface area contributed by atoms with Gasteiger partial charge in [-0.15, -0.1) is 10.2 Å². The number of phenols is 1. The number of ether oxygens (including phenoxy) is 1. The van der Waals surface area contributed by atoms with Gasteiger partial charge in [-0.2, -0.15) is 0 Å². The number of thioether (sulfide) groups is 1. The minimum absolute atomic E-state index is 0.00636. The number of rotatable bonds is 5. The lowest BCUT2D eigenvalue weighted by molar-refractivity contribution is 0.414. The van der Waals surface area contributed by atoms with Gasteiger partial charge in [0.25, 0.3) is 11.1 Å².